The topological polar surface area (TPSA) is 70.1 Å². The lowest BCUT2D eigenvalue weighted by molar-refractivity contribution is 0.292. The van der Waals surface area contributed by atoms with E-state index >= 15 is 0 Å². The van der Waals surface area contributed by atoms with E-state index in [1.54, 1.807) is 16.8 Å². The Labute approximate surface area is 178 Å². The maximum Gasteiger partial charge on any atom is 0.263 e. The van der Waals surface area contributed by atoms with Gasteiger partial charge in [0.2, 0.25) is 5.95 Å². The molecule has 1 saturated heterocycles. The minimum Gasteiger partial charge on any atom is -0.340 e. The van der Waals surface area contributed by atoms with E-state index in [0.717, 1.165) is 13.1 Å². The number of H-pyrrole nitrogens is 1. The molecule has 3 heterocycles. The second-order valence-electron chi connectivity index (χ2n) is 8.11. The van der Waals surface area contributed by atoms with E-state index in [1.807, 2.05) is 6.07 Å². The number of halogens is 1. The highest BCUT2D eigenvalue weighted by molar-refractivity contribution is 5.76. The minimum absolute atomic E-state index is 0.238. The van der Waals surface area contributed by atoms with Crippen molar-refractivity contribution in [2.45, 2.75) is 12.0 Å². The van der Waals surface area contributed by atoms with Crippen molar-refractivity contribution >= 4 is 17.0 Å². The number of fused-ring (bicyclic) bond motifs is 1. The van der Waals surface area contributed by atoms with E-state index in [4.69, 9.17) is 4.98 Å². The largest absolute Gasteiger partial charge is 0.340 e. The zero-order chi connectivity index (χ0) is 21.5. The first-order valence-corrected chi connectivity index (χ1v) is 10.2. The molecular weight excluding hydrogens is 395 g/mol. The fourth-order valence-corrected chi connectivity index (χ4v) is 4.34. The predicted octanol–water partition coefficient (Wildman–Crippen LogP) is 2.78. The zero-order valence-electron chi connectivity index (χ0n) is 17.4. The molecule has 2 aromatic carbocycles. The van der Waals surface area contributed by atoms with Crippen LogP contribution in [0, 0.1) is 5.82 Å². The van der Waals surface area contributed by atoms with Crippen LogP contribution in [0.2, 0.25) is 0 Å². The van der Waals surface area contributed by atoms with Crippen LogP contribution in [0.1, 0.15) is 11.5 Å². The third-order valence-electron chi connectivity index (χ3n) is 5.98. The normalized spacial score (nSPS) is 18.9. The number of likely N-dealkylation sites (N-methyl/N-ethyl adjacent to an activating group) is 1. The van der Waals surface area contributed by atoms with Crippen molar-refractivity contribution in [3.8, 4) is 5.69 Å². The Bertz CT molecular complexity index is 1260. The summed E-state index contributed by atoms with van der Waals surface area (Å²) in [5.41, 5.74) is 2.13. The van der Waals surface area contributed by atoms with Gasteiger partial charge in [-0.2, -0.15) is 10.1 Å². The summed E-state index contributed by atoms with van der Waals surface area (Å²) in [7, 11) is 4.15. The Morgan fingerprint density at radius 2 is 1.81 bits per heavy atom. The molecule has 2 unspecified atom stereocenters. The van der Waals surface area contributed by atoms with E-state index in [1.165, 1.54) is 23.9 Å². The van der Waals surface area contributed by atoms with Gasteiger partial charge in [-0.05, 0) is 43.9 Å². The van der Waals surface area contributed by atoms with Crippen LogP contribution >= 0.6 is 0 Å². The Morgan fingerprint density at radius 3 is 2.52 bits per heavy atom. The van der Waals surface area contributed by atoms with Crippen LogP contribution in [-0.4, -0.2) is 57.9 Å². The second kappa shape index (κ2) is 7.63. The first-order chi connectivity index (χ1) is 15.0. The zero-order valence-corrected chi connectivity index (χ0v) is 17.4. The summed E-state index contributed by atoms with van der Waals surface area (Å²) >= 11 is 0. The van der Waals surface area contributed by atoms with Gasteiger partial charge in [0.25, 0.3) is 5.56 Å². The van der Waals surface area contributed by atoms with Crippen molar-refractivity contribution in [3.05, 3.63) is 82.5 Å². The number of hydrogen-bond donors (Lipinski definition) is 1. The van der Waals surface area contributed by atoms with Crippen LogP contribution in [0.3, 0.4) is 0 Å². The molecule has 1 N–H and O–H groups in total. The fraction of sp³-hybridized carbons (Fsp3) is 0.261. The Hall–Kier alpha value is -3.52. The van der Waals surface area contributed by atoms with Gasteiger partial charge < -0.3 is 9.80 Å². The summed E-state index contributed by atoms with van der Waals surface area (Å²) < 4.78 is 14.9. The van der Waals surface area contributed by atoms with Crippen LogP contribution in [0.15, 0.2) is 65.6 Å². The first-order valence-electron chi connectivity index (χ1n) is 10.2. The molecular formula is C23H23FN6O. The molecule has 158 valence electrons. The maximum absolute atomic E-state index is 13.3. The third-order valence-corrected chi connectivity index (χ3v) is 5.98. The Kier molecular flexibility index (Phi) is 4.78. The van der Waals surface area contributed by atoms with Crippen LogP contribution < -0.4 is 10.5 Å². The van der Waals surface area contributed by atoms with Gasteiger partial charge in [0, 0.05) is 25.0 Å². The summed E-state index contributed by atoms with van der Waals surface area (Å²) in [6, 6.07) is 16.7. The molecule has 2 aromatic heterocycles. The molecule has 31 heavy (non-hydrogen) atoms. The third kappa shape index (κ3) is 3.48. The highest BCUT2D eigenvalue weighted by atomic mass is 19.1. The highest BCUT2D eigenvalue weighted by Crippen LogP contribution is 2.32. The average molecular weight is 418 g/mol. The average Bonchev–Trinajstić information content (AvgIpc) is 3.40. The lowest BCUT2D eigenvalue weighted by Crippen LogP contribution is -2.35. The van der Waals surface area contributed by atoms with Crippen LogP contribution in [-0.2, 0) is 0 Å². The standard InChI is InChI=1S/C23H23FN6O/c1-28(2)20-14-29(13-19(20)15-6-4-3-5-7-15)23-26-21-18(22(31)27-23)12-25-30(21)17-10-8-16(24)9-11-17/h3-12,19-20H,13-14H2,1-2H3,(H,26,27,31). The van der Waals surface area contributed by atoms with Gasteiger partial charge in [0.05, 0.1) is 11.9 Å². The van der Waals surface area contributed by atoms with Crippen molar-refractivity contribution in [2.24, 2.45) is 0 Å². The summed E-state index contributed by atoms with van der Waals surface area (Å²) in [5.74, 6) is 0.483. The molecule has 0 aliphatic carbocycles. The number of benzene rings is 2. The predicted molar refractivity (Wildman–Crippen MR) is 118 cm³/mol. The SMILES string of the molecule is CN(C)C1CN(c2nc3c(cnn3-c3ccc(F)cc3)c(=O)[nH]2)CC1c1ccccc1. The Balaban J connectivity index is 1.55. The molecule has 1 aliphatic heterocycles. The maximum atomic E-state index is 13.3. The van der Waals surface area contributed by atoms with Gasteiger partial charge in [0.1, 0.15) is 11.2 Å². The van der Waals surface area contributed by atoms with Crippen molar-refractivity contribution in [1.82, 2.24) is 24.6 Å². The summed E-state index contributed by atoms with van der Waals surface area (Å²) in [4.78, 5) is 24.8. The summed E-state index contributed by atoms with van der Waals surface area (Å²) in [6.45, 7) is 1.48. The molecule has 1 aliphatic rings. The van der Waals surface area contributed by atoms with Crippen LogP contribution in [0.5, 0.6) is 0 Å². The van der Waals surface area contributed by atoms with E-state index < -0.39 is 0 Å². The highest BCUT2D eigenvalue weighted by Gasteiger charge is 2.36. The van der Waals surface area contributed by atoms with Crippen molar-refractivity contribution in [3.63, 3.8) is 0 Å². The monoisotopic (exact) mass is 418 g/mol. The number of nitrogens with zero attached hydrogens (tertiary/aromatic N) is 5. The smallest absolute Gasteiger partial charge is 0.263 e. The number of aromatic amines is 1. The van der Waals surface area contributed by atoms with Gasteiger partial charge in [-0.25, -0.2) is 9.07 Å². The van der Waals surface area contributed by atoms with Gasteiger partial charge in [-0.1, -0.05) is 30.3 Å². The number of nitrogens with one attached hydrogen (secondary N) is 1. The molecule has 4 aromatic rings. The minimum atomic E-state index is -0.328. The molecule has 0 spiro atoms. The van der Waals surface area contributed by atoms with Crippen LogP contribution in [0.25, 0.3) is 16.7 Å². The summed E-state index contributed by atoms with van der Waals surface area (Å²) in [5, 5.41) is 4.71. The molecule has 0 amide bonds. The molecule has 0 radical (unpaired) electrons. The number of anilines is 1. The number of aromatic nitrogens is 4. The van der Waals surface area contributed by atoms with E-state index in [2.05, 4.69) is 58.2 Å². The molecule has 8 heteroatoms. The molecule has 0 saturated carbocycles. The fourth-order valence-electron chi connectivity index (χ4n) is 4.34. The van der Waals surface area contributed by atoms with Gasteiger partial charge in [0.15, 0.2) is 5.65 Å². The van der Waals surface area contributed by atoms with E-state index in [-0.39, 0.29) is 17.4 Å². The quantitative estimate of drug-likeness (QED) is 0.552. The Morgan fingerprint density at radius 1 is 1.06 bits per heavy atom. The number of rotatable bonds is 4. The van der Waals surface area contributed by atoms with E-state index in [9.17, 15) is 9.18 Å². The van der Waals surface area contributed by atoms with Gasteiger partial charge >= 0.3 is 0 Å². The lowest BCUT2D eigenvalue weighted by Gasteiger charge is -2.25. The van der Waals surface area contributed by atoms with Crippen LogP contribution in [0.4, 0.5) is 10.3 Å². The van der Waals surface area contributed by atoms with Crippen molar-refractivity contribution in [1.29, 1.82) is 0 Å². The molecule has 2 atom stereocenters. The summed E-state index contributed by atoms with van der Waals surface area (Å²) in [6.07, 6.45) is 1.49. The van der Waals surface area contributed by atoms with Gasteiger partial charge in [-0.3, -0.25) is 9.78 Å². The molecule has 1 fully saturated rings. The number of hydrogen-bond acceptors (Lipinski definition) is 5. The first kappa shape index (κ1) is 19.4. The lowest BCUT2D eigenvalue weighted by atomic mass is 9.94. The molecule has 0 bridgehead atoms. The molecule has 5 rings (SSSR count). The second-order valence-corrected chi connectivity index (χ2v) is 8.11. The molecule has 7 nitrogen and oxygen atoms in total. The van der Waals surface area contributed by atoms with Crippen molar-refractivity contribution in [2.75, 3.05) is 32.1 Å². The van der Waals surface area contributed by atoms with E-state index in [0.29, 0.717) is 28.6 Å². The van der Waals surface area contributed by atoms with Gasteiger partial charge in [-0.15, -0.1) is 0 Å². The van der Waals surface area contributed by atoms with Crippen molar-refractivity contribution < 1.29 is 4.39 Å².